The maximum Gasteiger partial charge on any atom is 0.123 e. The lowest BCUT2D eigenvalue weighted by Gasteiger charge is -2.27. The predicted molar refractivity (Wildman–Crippen MR) is 78.5 cm³/mol. The van der Waals surface area contributed by atoms with Crippen LogP contribution in [0.15, 0.2) is 24.3 Å². The molecule has 0 amide bonds. The minimum absolute atomic E-state index is 0. The molecule has 0 spiro atoms. The number of halogens is 3. The normalized spacial score (nSPS) is 15.6. The van der Waals surface area contributed by atoms with Gasteiger partial charge in [0.1, 0.15) is 5.82 Å². The second kappa shape index (κ2) is 9.56. The second-order valence-electron chi connectivity index (χ2n) is 4.33. The van der Waals surface area contributed by atoms with E-state index in [1.54, 1.807) is 12.1 Å². The average Bonchev–Trinajstić information content (AvgIpc) is 2.30. The van der Waals surface area contributed by atoms with Crippen molar-refractivity contribution in [2.45, 2.75) is 12.8 Å². The van der Waals surface area contributed by atoms with Crippen molar-refractivity contribution in [3.05, 3.63) is 35.6 Å². The van der Waals surface area contributed by atoms with Crippen molar-refractivity contribution < 1.29 is 4.39 Å². The second-order valence-corrected chi connectivity index (χ2v) is 4.33. The molecule has 2 rings (SSSR count). The Balaban J connectivity index is 0.00000144. The fourth-order valence-electron chi connectivity index (χ4n) is 2.13. The Labute approximate surface area is 121 Å². The molecule has 5 heteroatoms. The summed E-state index contributed by atoms with van der Waals surface area (Å²) in [7, 11) is 0. The van der Waals surface area contributed by atoms with Crippen LogP contribution in [0.25, 0.3) is 0 Å². The third-order valence-electron chi connectivity index (χ3n) is 3.04. The van der Waals surface area contributed by atoms with Gasteiger partial charge in [-0.15, -0.1) is 24.8 Å². The Kier molecular flexibility index (Phi) is 9.38. The highest BCUT2D eigenvalue weighted by atomic mass is 35.5. The summed E-state index contributed by atoms with van der Waals surface area (Å²) >= 11 is 0. The van der Waals surface area contributed by atoms with Gasteiger partial charge in [-0.25, -0.2) is 4.39 Å². The van der Waals surface area contributed by atoms with Crippen LogP contribution in [-0.2, 0) is 6.42 Å². The minimum Gasteiger partial charge on any atom is -0.314 e. The van der Waals surface area contributed by atoms with Gasteiger partial charge in [0.05, 0.1) is 0 Å². The van der Waals surface area contributed by atoms with Gasteiger partial charge in [-0.3, -0.25) is 0 Å². The van der Waals surface area contributed by atoms with Gasteiger partial charge in [0.25, 0.3) is 0 Å². The topological polar surface area (TPSA) is 15.3 Å². The Morgan fingerprint density at radius 1 is 1.17 bits per heavy atom. The van der Waals surface area contributed by atoms with Crippen LogP contribution in [0.4, 0.5) is 4.39 Å². The van der Waals surface area contributed by atoms with Crippen molar-refractivity contribution in [1.82, 2.24) is 10.2 Å². The van der Waals surface area contributed by atoms with Crippen LogP contribution in [0, 0.1) is 5.82 Å². The van der Waals surface area contributed by atoms with Crippen molar-refractivity contribution in [1.29, 1.82) is 0 Å². The zero-order chi connectivity index (χ0) is 11.2. The average molecular weight is 295 g/mol. The van der Waals surface area contributed by atoms with Gasteiger partial charge in [0.2, 0.25) is 0 Å². The third-order valence-corrected chi connectivity index (χ3v) is 3.04. The first-order valence-corrected chi connectivity index (χ1v) is 6.02. The maximum atomic E-state index is 12.9. The molecule has 0 aliphatic carbocycles. The van der Waals surface area contributed by atoms with E-state index in [-0.39, 0.29) is 30.6 Å². The summed E-state index contributed by atoms with van der Waals surface area (Å²) in [5.74, 6) is -0.125. The standard InChI is InChI=1S/C13H19FN2.2ClH/c14-13-5-1-3-12(11-13)4-2-8-16-9-6-15-7-10-16;;/h1,3,5,11,15H,2,4,6-10H2;2*1H. The number of hydrogen-bond donors (Lipinski definition) is 1. The molecular formula is C13H21Cl2FN2. The summed E-state index contributed by atoms with van der Waals surface area (Å²) < 4.78 is 12.9. The van der Waals surface area contributed by atoms with Crippen molar-refractivity contribution in [3.63, 3.8) is 0 Å². The fourth-order valence-corrected chi connectivity index (χ4v) is 2.13. The SMILES string of the molecule is Cl.Cl.Fc1cccc(CCCN2CCNCC2)c1. The first kappa shape index (κ1) is 17.6. The summed E-state index contributed by atoms with van der Waals surface area (Å²) in [5, 5.41) is 3.34. The molecule has 1 N–H and O–H groups in total. The molecule has 0 aromatic heterocycles. The number of piperazine rings is 1. The van der Waals surface area contributed by atoms with Crippen LogP contribution < -0.4 is 5.32 Å². The summed E-state index contributed by atoms with van der Waals surface area (Å²) in [6.45, 7) is 5.60. The Morgan fingerprint density at radius 3 is 2.56 bits per heavy atom. The lowest BCUT2D eigenvalue weighted by molar-refractivity contribution is 0.238. The van der Waals surface area contributed by atoms with Crippen molar-refractivity contribution in [3.8, 4) is 0 Å². The molecule has 2 nitrogen and oxygen atoms in total. The molecule has 1 aliphatic rings. The number of rotatable bonds is 4. The highest BCUT2D eigenvalue weighted by molar-refractivity contribution is 5.85. The van der Waals surface area contributed by atoms with E-state index in [1.807, 2.05) is 6.07 Å². The Morgan fingerprint density at radius 2 is 1.89 bits per heavy atom. The smallest absolute Gasteiger partial charge is 0.123 e. The van der Waals surface area contributed by atoms with Gasteiger partial charge < -0.3 is 10.2 Å². The van der Waals surface area contributed by atoms with Crippen molar-refractivity contribution in [2.24, 2.45) is 0 Å². The molecule has 104 valence electrons. The molecule has 0 unspecified atom stereocenters. The van der Waals surface area contributed by atoms with Crippen LogP contribution in [0.1, 0.15) is 12.0 Å². The molecule has 1 aliphatic heterocycles. The van der Waals surface area contributed by atoms with Gasteiger partial charge >= 0.3 is 0 Å². The minimum atomic E-state index is -0.125. The van der Waals surface area contributed by atoms with Crippen LogP contribution in [0.2, 0.25) is 0 Å². The Bertz CT molecular complexity index is 331. The first-order valence-electron chi connectivity index (χ1n) is 6.02. The highest BCUT2D eigenvalue weighted by Crippen LogP contribution is 2.07. The number of nitrogens with one attached hydrogen (secondary N) is 1. The third kappa shape index (κ3) is 6.01. The van der Waals surface area contributed by atoms with E-state index in [0.717, 1.165) is 51.1 Å². The largest absolute Gasteiger partial charge is 0.314 e. The molecule has 18 heavy (non-hydrogen) atoms. The Hall–Kier alpha value is -0.350. The van der Waals surface area contributed by atoms with Crippen LogP contribution in [-0.4, -0.2) is 37.6 Å². The molecule has 1 aromatic carbocycles. The van der Waals surface area contributed by atoms with Gasteiger partial charge in [-0.05, 0) is 37.1 Å². The molecule has 0 saturated carbocycles. The van der Waals surface area contributed by atoms with E-state index in [9.17, 15) is 4.39 Å². The van der Waals surface area contributed by atoms with Gasteiger partial charge in [-0.1, -0.05) is 12.1 Å². The lowest BCUT2D eigenvalue weighted by Crippen LogP contribution is -2.43. The van der Waals surface area contributed by atoms with Gasteiger partial charge in [0, 0.05) is 26.2 Å². The number of hydrogen-bond acceptors (Lipinski definition) is 2. The van der Waals surface area contributed by atoms with Crippen LogP contribution in [0.5, 0.6) is 0 Å². The van der Waals surface area contributed by atoms with E-state index in [4.69, 9.17) is 0 Å². The van der Waals surface area contributed by atoms with E-state index >= 15 is 0 Å². The fraction of sp³-hybridized carbons (Fsp3) is 0.538. The summed E-state index contributed by atoms with van der Waals surface area (Å²) in [6, 6.07) is 6.92. The van der Waals surface area contributed by atoms with E-state index in [2.05, 4.69) is 10.2 Å². The monoisotopic (exact) mass is 294 g/mol. The summed E-state index contributed by atoms with van der Waals surface area (Å²) in [6.07, 6.45) is 2.09. The zero-order valence-electron chi connectivity index (χ0n) is 10.4. The molecular weight excluding hydrogens is 274 g/mol. The molecule has 1 fully saturated rings. The predicted octanol–water partition coefficient (Wildman–Crippen LogP) is 2.51. The first-order chi connectivity index (χ1) is 7.84. The summed E-state index contributed by atoms with van der Waals surface area (Å²) in [4.78, 5) is 2.47. The van der Waals surface area contributed by atoms with Gasteiger partial charge in [0.15, 0.2) is 0 Å². The zero-order valence-corrected chi connectivity index (χ0v) is 12.0. The molecule has 0 radical (unpaired) electrons. The van der Waals surface area contributed by atoms with Crippen LogP contribution in [0.3, 0.4) is 0 Å². The molecule has 1 saturated heterocycles. The highest BCUT2D eigenvalue weighted by Gasteiger charge is 2.08. The van der Waals surface area contributed by atoms with Gasteiger partial charge in [-0.2, -0.15) is 0 Å². The molecule has 0 bridgehead atoms. The number of nitrogens with zero attached hydrogens (tertiary/aromatic N) is 1. The number of benzene rings is 1. The van der Waals surface area contributed by atoms with Crippen molar-refractivity contribution >= 4 is 24.8 Å². The van der Waals surface area contributed by atoms with E-state index < -0.39 is 0 Å². The van der Waals surface area contributed by atoms with Crippen LogP contribution >= 0.6 is 24.8 Å². The maximum absolute atomic E-state index is 12.9. The van der Waals surface area contributed by atoms with E-state index in [1.165, 1.54) is 6.07 Å². The summed E-state index contributed by atoms with van der Waals surface area (Å²) in [5.41, 5.74) is 1.11. The number of aryl methyl sites for hydroxylation is 1. The quantitative estimate of drug-likeness (QED) is 0.918. The molecule has 0 atom stereocenters. The lowest BCUT2D eigenvalue weighted by atomic mass is 10.1. The van der Waals surface area contributed by atoms with Crippen molar-refractivity contribution in [2.75, 3.05) is 32.7 Å². The van der Waals surface area contributed by atoms with E-state index in [0.29, 0.717) is 0 Å². The molecule has 1 aromatic rings. The molecule has 1 heterocycles.